The summed E-state index contributed by atoms with van der Waals surface area (Å²) in [4.78, 5) is 15.1. The summed E-state index contributed by atoms with van der Waals surface area (Å²) in [6.07, 6.45) is 7.80. The summed E-state index contributed by atoms with van der Waals surface area (Å²) < 4.78 is 31.3. The Kier molecular flexibility index (Phi) is 7.51. The van der Waals surface area contributed by atoms with E-state index in [9.17, 15) is 13.2 Å². The van der Waals surface area contributed by atoms with Crippen molar-refractivity contribution in [3.63, 3.8) is 0 Å². The third-order valence-electron chi connectivity index (χ3n) is 7.63. The largest absolute Gasteiger partial charge is 0.342 e. The molecule has 3 saturated heterocycles. The molecule has 0 bridgehead atoms. The lowest BCUT2D eigenvalue weighted by Gasteiger charge is -2.39. The van der Waals surface area contributed by atoms with Crippen molar-refractivity contribution in [2.24, 2.45) is 17.8 Å². The molecule has 0 aromatic carbocycles. The van der Waals surface area contributed by atoms with Gasteiger partial charge < -0.3 is 9.47 Å². The van der Waals surface area contributed by atoms with Crippen LogP contribution >= 0.6 is 0 Å². The first-order chi connectivity index (χ1) is 15.4. The number of nitrogens with zero attached hydrogens (tertiary/aromatic N) is 6. The molecule has 9 nitrogen and oxygen atoms in total. The summed E-state index contributed by atoms with van der Waals surface area (Å²) in [6, 6.07) is 0. The number of carbonyl (C=O) groups excluding carboxylic acids is 1. The van der Waals surface area contributed by atoms with Gasteiger partial charge in [-0.15, -0.1) is 10.2 Å². The van der Waals surface area contributed by atoms with Crippen LogP contribution in [0.5, 0.6) is 0 Å². The van der Waals surface area contributed by atoms with Crippen LogP contribution in [0.15, 0.2) is 6.33 Å². The smallest absolute Gasteiger partial charge is 0.281 e. The number of carbonyl (C=O) groups is 1. The van der Waals surface area contributed by atoms with Crippen molar-refractivity contribution in [3.8, 4) is 0 Å². The molecule has 180 valence electrons. The van der Waals surface area contributed by atoms with Crippen LogP contribution in [-0.4, -0.2) is 81.9 Å². The number of amides is 1. The topological polar surface area (TPSA) is 91.6 Å². The first-order valence-electron chi connectivity index (χ1n) is 12.3. The Morgan fingerprint density at radius 2 is 1.56 bits per heavy atom. The molecular formula is C22H38N6O3S. The third-order valence-corrected chi connectivity index (χ3v) is 9.67. The van der Waals surface area contributed by atoms with Gasteiger partial charge in [-0.05, 0) is 57.3 Å². The van der Waals surface area contributed by atoms with E-state index in [1.807, 2.05) is 4.90 Å². The van der Waals surface area contributed by atoms with Crippen molar-refractivity contribution in [3.05, 3.63) is 12.2 Å². The zero-order valence-corrected chi connectivity index (χ0v) is 20.3. The van der Waals surface area contributed by atoms with E-state index in [0.29, 0.717) is 50.9 Å². The van der Waals surface area contributed by atoms with Crippen LogP contribution < -0.4 is 0 Å². The zero-order chi connectivity index (χ0) is 22.7. The first kappa shape index (κ1) is 23.6. The minimum Gasteiger partial charge on any atom is -0.342 e. The number of hydrogen-bond acceptors (Lipinski definition) is 5. The van der Waals surface area contributed by atoms with Gasteiger partial charge in [-0.25, -0.2) is 0 Å². The maximum Gasteiger partial charge on any atom is 0.281 e. The van der Waals surface area contributed by atoms with E-state index >= 15 is 0 Å². The van der Waals surface area contributed by atoms with Gasteiger partial charge in [0, 0.05) is 58.2 Å². The van der Waals surface area contributed by atoms with Gasteiger partial charge in [0.1, 0.15) is 12.2 Å². The minimum absolute atomic E-state index is 0.0532. The second-order valence-electron chi connectivity index (χ2n) is 9.77. The van der Waals surface area contributed by atoms with E-state index in [4.69, 9.17) is 0 Å². The van der Waals surface area contributed by atoms with E-state index in [1.54, 1.807) is 14.9 Å². The molecule has 1 amide bonds. The molecule has 3 aliphatic rings. The number of rotatable bonds is 6. The van der Waals surface area contributed by atoms with Crippen LogP contribution in [-0.2, 0) is 28.0 Å². The average Bonchev–Trinajstić information content (AvgIpc) is 3.26. The maximum atomic E-state index is 13.1. The molecule has 0 aliphatic carbocycles. The highest BCUT2D eigenvalue weighted by Gasteiger charge is 2.37. The Morgan fingerprint density at radius 3 is 2.16 bits per heavy atom. The summed E-state index contributed by atoms with van der Waals surface area (Å²) in [7, 11) is -3.39. The highest BCUT2D eigenvalue weighted by Crippen LogP contribution is 2.28. The van der Waals surface area contributed by atoms with Gasteiger partial charge >= 0.3 is 0 Å². The second kappa shape index (κ2) is 10.2. The quantitative estimate of drug-likeness (QED) is 0.637. The summed E-state index contributed by atoms with van der Waals surface area (Å²) >= 11 is 0. The molecule has 3 fully saturated rings. The summed E-state index contributed by atoms with van der Waals surface area (Å²) in [5.74, 6) is 2.33. The molecule has 10 heteroatoms. The molecule has 4 rings (SSSR count). The van der Waals surface area contributed by atoms with Gasteiger partial charge in [0.25, 0.3) is 10.2 Å². The van der Waals surface area contributed by atoms with E-state index < -0.39 is 10.2 Å². The zero-order valence-electron chi connectivity index (χ0n) is 19.5. The third kappa shape index (κ3) is 5.17. The molecule has 1 aromatic rings. The van der Waals surface area contributed by atoms with Crippen LogP contribution in [0.2, 0.25) is 0 Å². The van der Waals surface area contributed by atoms with Crippen LogP contribution in [0.1, 0.15) is 58.2 Å². The molecule has 1 aromatic heterocycles. The van der Waals surface area contributed by atoms with Crippen molar-refractivity contribution in [1.29, 1.82) is 0 Å². The van der Waals surface area contributed by atoms with Gasteiger partial charge in [0.05, 0.1) is 0 Å². The second-order valence-corrected chi connectivity index (χ2v) is 11.7. The summed E-state index contributed by atoms with van der Waals surface area (Å²) in [5, 5.41) is 8.27. The molecule has 0 radical (unpaired) electrons. The Balaban J connectivity index is 1.23. The molecule has 0 atom stereocenters. The fourth-order valence-corrected chi connectivity index (χ4v) is 6.96. The molecule has 4 heterocycles. The Hall–Kier alpha value is -1.52. The number of likely N-dealkylation sites (tertiary alicyclic amines) is 1. The lowest BCUT2D eigenvalue weighted by Crippen LogP contribution is -2.51. The van der Waals surface area contributed by atoms with Crippen LogP contribution in [0.4, 0.5) is 0 Å². The molecule has 0 saturated carbocycles. The number of aryl methyl sites for hydroxylation is 1. The number of aromatic nitrogens is 3. The van der Waals surface area contributed by atoms with E-state index in [2.05, 4.69) is 28.6 Å². The van der Waals surface area contributed by atoms with Gasteiger partial charge in [0.2, 0.25) is 5.91 Å². The highest BCUT2D eigenvalue weighted by molar-refractivity contribution is 7.86. The summed E-state index contributed by atoms with van der Waals surface area (Å²) in [5.41, 5.74) is 0. The molecule has 3 aliphatic heterocycles. The lowest BCUT2D eigenvalue weighted by atomic mass is 9.91. The predicted octanol–water partition coefficient (Wildman–Crippen LogP) is 1.77. The van der Waals surface area contributed by atoms with Crippen LogP contribution in [0.3, 0.4) is 0 Å². The highest BCUT2D eigenvalue weighted by atomic mass is 32.2. The fourth-order valence-electron chi connectivity index (χ4n) is 5.29. The maximum absolute atomic E-state index is 13.1. The molecule has 0 N–H and O–H groups in total. The van der Waals surface area contributed by atoms with Gasteiger partial charge in [-0.1, -0.05) is 6.92 Å². The molecule has 0 spiro atoms. The summed E-state index contributed by atoms with van der Waals surface area (Å²) in [6.45, 7) is 8.87. The fraction of sp³-hybridized carbons (Fsp3) is 0.864. The minimum atomic E-state index is -3.39. The van der Waals surface area contributed by atoms with Crippen LogP contribution in [0, 0.1) is 17.8 Å². The monoisotopic (exact) mass is 466 g/mol. The first-order valence-corrected chi connectivity index (χ1v) is 13.7. The van der Waals surface area contributed by atoms with Crippen molar-refractivity contribution in [2.45, 2.75) is 65.3 Å². The van der Waals surface area contributed by atoms with E-state index in [-0.39, 0.29) is 11.8 Å². The van der Waals surface area contributed by atoms with Gasteiger partial charge in [-0.2, -0.15) is 17.0 Å². The van der Waals surface area contributed by atoms with E-state index in [1.165, 1.54) is 0 Å². The Morgan fingerprint density at radius 1 is 0.969 bits per heavy atom. The Labute approximate surface area is 192 Å². The SMILES string of the molecule is CCn1cnnc1CC1CCN(C(=O)C2CCN(S(=O)(=O)N3CCC(C)CC3)CC2)CC1. The Bertz CT molecular complexity index is 864. The number of hydrogen-bond donors (Lipinski definition) is 0. The van der Waals surface area contributed by atoms with Crippen molar-refractivity contribution in [1.82, 2.24) is 28.3 Å². The average molecular weight is 467 g/mol. The van der Waals surface area contributed by atoms with Crippen molar-refractivity contribution in [2.75, 3.05) is 39.3 Å². The van der Waals surface area contributed by atoms with E-state index in [0.717, 1.165) is 57.6 Å². The predicted molar refractivity (Wildman–Crippen MR) is 122 cm³/mol. The molecule has 32 heavy (non-hydrogen) atoms. The van der Waals surface area contributed by atoms with Crippen molar-refractivity contribution < 1.29 is 13.2 Å². The lowest BCUT2D eigenvalue weighted by molar-refractivity contribution is -0.138. The van der Waals surface area contributed by atoms with Gasteiger partial charge in [0.15, 0.2) is 0 Å². The van der Waals surface area contributed by atoms with Gasteiger partial charge in [-0.3, -0.25) is 4.79 Å². The standard InChI is InChI=1S/C22H38N6O3S/c1-3-25-17-23-24-21(25)16-19-6-10-26(11-7-19)22(29)20-8-14-28(15-9-20)32(30,31)27-12-4-18(2)5-13-27/h17-20H,3-16H2,1-2H3. The normalized spacial score (nSPS) is 23.6. The van der Waals surface area contributed by atoms with Crippen LogP contribution in [0.25, 0.3) is 0 Å². The molecule has 0 unspecified atom stereocenters. The molecular weight excluding hydrogens is 428 g/mol. The van der Waals surface area contributed by atoms with Crippen molar-refractivity contribution >= 4 is 16.1 Å². The number of piperidine rings is 3.